The van der Waals surface area contributed by atoms with Crippen LogP contribution >= 0.6 is 0 Å². The number of hydrogen-bond donors (Lipinski definition) is 7. The fourth-order valence-corrected chi connectivity index (χ4v) is 14.3. The van der Waals surface area contributed by atoms with Crippen LogP contribution in [0.1, 0.15) is 107 Å². The van der Waals surface area contributed by atoms with E-state index < -0.39 is 73.6 Å². The third-order valence-electron chi connectivity index (χ3n) is 17.8. The van der Waals surface area contributed by atoms with E-state index in [-0.39, 0.29) is 56.5 Å². The molecule has 0 radical (unpaired) electrons. The van der Waals surface area contributed by atoms with Gasteiger partial charge in [-0.15, -0.1) is 0 Å². The predicted molar refractivity (Wildman–Crippen MR) is 195 cm³/mol. The summed E-state index contributed by atoms with van der Waals surface area (Å²) >= 11 is 0. The average Bonchev–Trinajstić information content (AvgIpc) is 3.38. The van der Waals surface area contributed by atoms with Crippen LogP contribution in [0.15, 0.2) is 12.2 Å². The third-order valence-corrected chi connectivity index (χ3v) is 17.8. The van der Waals surface area contributed by atoms with Gasteiger partial charge in [0.1, 0.15) is 42.7 Å². The van der Waals surface area contributed by atoms with Crippen molar-refractivity contribution < 1.29 is 59.4 Å². The van der Waals surface area contributed by atoms with Gasteiger partial charge in [-0.2, -0.15) is 0 Å². The van der Waals surface area contributed by atoms with E-state index in [1.54, 1.807) is 6.92 Å². The Morgan fingerprint density at radius 3 is 2.13 bits per heavy atom. The molecule has 5 aliphatic carbocycles. The summed E-state index contributed by atoms with van der Waals surface area (Å²) < 4.78 is 31.4. The summed E-state index contributed by atoms with van der Waals surface area (Å²) in [5.74, 6) is 0.835. The highest BCUT2D eigenvalue weighted by atomic mass is 16.7. The SMILES string of the molecule is C[C@@H]1O[C@H](O[C@@H]2CC[C@@]3(C)[C@H](CC[C@]4(C)[C@@H]3C=C[C@]35OC[C@@]6(CCC(C)(C)C[C@H]63)[C@@H](O)C[C@@]54C)C2(C)C)[C@H](O)[C@@H](O[C@H]2O[C@@H](CO)[C@H](O)[C@@H](O)[C@@H]2O)[C@@H]1O. The van der Waals surface area contributed by atoms with Gasteiger partial charge in [0, 0.05) is 16.7 Å². The number of fused-ring (bicyclic) bond motifs is 4. The minimum absolute atomic E-state index is 0.0638. The summed E-state index contributed by atoms with van der Waals surface area (Å²) in [5.41, 5.74) is -1.08. The second-order valence-corrected chi connectivity index (χ2v) is 21.1. The van der Waals surface area contributed by atoms with Crippen molar-refractivity contribution in [2.45, 2.75) is 186 Å². The van der Waals surface area contributed by atoms with Crippen molar-refractivity contribution in [3.8, 4) is 0 Å². The fraction of sp³-hybridized carbons (Fsp3) is 0.952. The third kappa shape index (κ3) is 5.24. The molecule has 7 fully saturated rings. The molecular weight excluding hydrogens is 696 g/mol. The molecule has 12 nitrogen and oxygen atoms in total. The molecule has 308 valence electrons. The molecule has 3 saturated heterocycles. The van der Waals surface area contributed by atoms with E-state index in [2.05, 4.69) is 60.6 Å². The van der Waals surface area contributed by atoms with Crippen molar-refractivity contribution in [3.05, 3.63) is 12.2 Å². The largest absolute Gasteiger partial charge is 0.394 e. The van der Waals surface area contributed by atoms with Gasteiger partial charge in [0.15, 0.2) is 12.6 Å². The molecule has 3 aliphatic heterocycles. The summed E-state index contributed by atoms with van der Waals surface area (Å²) in [6.45, 7) is 18.3. The van der Waals surface area contributed by atoms with Crippen molar-refractivity contribution in [3.63, 3.8) is 0 Å². The van der Waals surface area contributed by atoms with Crippen LogP contribution in [-0.4, -0.2) is 128 Å². The number of aliphatic hydroxyl groups is 7. The highest BCUT2D eigenvalue weighted by Crippen LogP contribution is 2.79. The molecule has 0 amide bonds. The highest BCUT2D eigenvalue weighted by molar-refractivity contribution is 5.36. The van der Waals surface area contributed by atoms with E-state index in [1.807, 2.05) is 0 Å². The quantitative estimate of drug-likeness (QED) is 0.161. The van der Waals surface area contributed by atoms with E-state index in [1.165, 1.54) is 0 Å². The van der Waals surface area contributed by atoms with Crippen LogP contribution < -0.4 is 0 Å². The van der Waals surface area contributed by atoms with Gasteiger partial charge in [-0.3, -0.25) is 0 Å². The van der Waals surface area contributed by atoms with Crippen molar-refractivity contribution in [2.24, 2.45) is 50.2 Å². The zero-order valence-corrected chi connectivity index (χ0v) is 33.6. The molecule has 54 heavy (non-hydrogen) atoms. The Bertz CT molecular complexity index is 1470. The molecule has 20 atom stereocenters. The van der Waals surface area contributed by atoms with E-state index in [4.69, 9.17) is 23.7 Å². The van der Waals surface area contributed by atoms with E-state index >= 15 is 0 Å². The molecule has 1 spiro atoms. The standard InChI is InChI=1S/C42H68O12/c1-21-28(45)33(54-34-31(48)30(47)29(46)22(19-43)52-34)32(49)35(51-21)53-27-11-12-38(6)23(37(27,4)5)9-13-39(7)24(38)10-14-42-25-17-36(2,3)15-16-41(25,20-50-42)26(44)18-40(39,42)8/h10,14,21-35,43-49H,9,11-13,15-20H2,1-8H3/t21-,22-,23+,24+,25+,26-,27+,28+,29-,30+,31-,32+,33-,34+,35+,38-,39+,40+,41+,42-/m0/s1. The second-order valence-electron chi connectivity index (χ2n) is 21.1. The molecule has 2 bridgehead atoms. The zero-order chi connectivity index (χ0) is 39.2. The summed E-state index contributed by atoms with van der Waals surface area (Å²) in [4.78, 5) is 0. The van der Waals surface area contributed by atoms with Gasteiger partial charge in [-0.05, 0) is 91.8 Å². The molecule has 0 aromatic heterocycles. The Balaban J connectivity index is 1.03. The lowest BCUT2D eigenvalue weighted by Crippen LogP contribution is -2.72. The fourth-order valence-electron chi connectivity index (χ4n) is 14.3. The van der Waals surface area contributed by atoms with Crippen molar-refractivity contribution in [1.82, 2.24) is 0 Å². The van der Waals surface area contributed by atoms with Gasteiger partial charge < -0.3 is 59.4 Å². The lowest BCUT2D eigenvalue weighted by Gasteiger charge is -2.73. The molecule has 8 rings (SSSR count). The summed E-state index contributed by atoms with van der Waals surface area (Å²) in [6, 6.07) is 0. The van der Waals surface area contributed by atoms with E-state index in [0.29, 0.717) is 12.5 Å². The van der Waals surface area contributed by atoms with Crippen molar-refractivity contribution in [1.29, 1.82) is 0 Å². The van der Waals surface area contributed by atoms with Crippen LogP contribution in [-0.2, 0) is 23.7 Å². The second kappa shape index (κ2) is 12.9. The van der Waals surface area contributed by atoms with Crippen molar-refractivity contribution >= 4 is 0 Å². The lowest BCUT2D eigenvalue weighted by molar-refractivity contribution is -0.366. The topological polar surface area (TPSA) is 188 Å². The first kappa shape index (κ1) is 40.1. The maximum absolute atomic E-state index is 12.1. The number of hydrogen-bond acceptors (Lipinski definition) is 12. The highest BCUT2D eigenvalue weighted by Gasteiger charge is 2.79. The number of rotatable bonds is 5. The molecule has 0 unspecified atom stereocenters. The molecule has 0 aromatic carbocycles. The monoisotopic (exact) mass is 764 g/mol. The van der Waals surface area contributed by atoms with Gasteiger partial charge in [0.25, 0.3) is 0 Å². The van der Waals surface area contributed by atoms with Gasteiger partial charge in [0.2, 0.25) is 0 Å². The number of allylic oxidation sites excluding steroid dienone is 1. The Hall–Kier alpha value is -0.740. The van der Waals surface area contributed by atoms with Gasteiger partial charge in [0.05, 0.1) is 37.1 Å². The van der Waals surface area contributed by atoms with E-state index in [9.17, 15) is 35.7 Å². The van der Waals surface area contributed by atoms with E-state index in [0.717, 1.165) is 51.4 Å². The zero-order valence-electron chi connectivity index (χ0n) is 33.6. The van der Waals surface area contributed by atoms with Crippen LogP contribution in [0.4, 0.5) is 0 Å². The summed E-state index contributed by atoms with van der Waals surface area (Å²) in [7, 11) is 0. The minimum Gasteiger partial charge on any atom is -0.394 e. The first-order valence-corrected chi connectivity index (χ1v) is 20.8. The van der Waals surface area contributed by atoms with Crippen molar-refractivity contribution in [2.75, 3.05) is 13.2 Å². The average molecular weight is 765 g/mol. The Kier molecular flexibility index (Phi) is 9.55. The molecule has 4 saturated carbocycles. The normalized spacial score (nSPS) is 58.8. The minimum atomic E-state index is -1.69. The Labute approximate surface area is 320 Å². The molecule has 3 heterocycles. The summed E-state index contributed by atoms with van der Waals surface area (Å²) in [6.07, 6.45) is -1.83. The predicted octanol–water partition coefficient (Wildman–Crippen LogP) is 2.80. The molecule has 7 N–H and O–H groups in total. The Morgan fingerprint density at radius 2 is 1.43 bits per heavy atom. The maximum atomic E-state index is 12.1. The molecule has 12 heteroatoms. The first-order chi connectivity index (χ1) is 25.1. The van der Waals surface area contributed by atoms with Gasteiger partial charge in [-0.1, -0.05) is 60.6 Å². The summed E-state index contributed by atoms with van der Waals surface area (Å²) in [5, 5.41) is 75.6. The lowest BCUT2D eigenvalue weighted by atomic mass is 9.32. The smallest absolute Gasteiger partial charge is 0.187 e. The Morgan fingerprint density at radius 1 is 0.722 bits per heavy atom. The van der Waals surface area contributed by atoms with Crippen LogP contribution in [0.3, 0.4) is 0 Å². The van der Waals surface area contributed by atoms with Crippen LogP contribution in [0.25, 0.3) is 0 Å². The number of aliphatic hydroxyl groups excluding tert-OH is 7. The maximum Gasteiger partial charge on any atom is 0.187 e. The first-order valence-electron chi connectivity index (χ1n) is 20.8. The molecule has 0 aromatic rings. The van der Waals surface area contributed by atoms with Gasteiger partial charge in [-0.25, -0.2) is 0 Å². The van der Waals surface area contributed by atoms with Crippen LogP contribution in [0.2, 0.25) is 0 Å². The molecule has 8 aliphatic rings. The number of ether oxygens (including phenoxy) is 5. The van der Waals surface area contributed by atoms with Gasteiger partial charge >= 0.3 is 0 Å². The molecular formula is C42H68O12. The van der Waals surface area contributed by atoms with Crippen LogP contribution in [0, 0.1) is 50.2 Å². The van der Waals surface area contributed by atoms with Crippen LogP contribution in [0.5, 0.6) is 0 Å².